The summed E-state index contributed by atoms with van der Waals surface area (Å²) < 4.78 is 0. The molecule has 0 aliphatic rings. The number of unbranched alkanes of at least 4 members (excludes halogenated alkanes) is 24. The first kappa shape index (κ1) is 44.0. The van der Waals surface area contributed by atoms with Gasteiger partial charge in [0, 0.05) is 16.5 Å². The van der Waals surface area contributed by atoms with Crippen LogP contribution < -0.4 is 0 Å². The number of hydrogen-bond acceptors (Lipinski definition) is 2. The average Bonchev–Trinajstić information content (AvgIpc) is 3.10. The van der Waals surface area contributed by atoms with Crippen LogP contribution in [0.15, 0.2) is 82.8 Å². The van der Waals surface area contributed by atoms with Crippen molar-refractivity contribution in [3.8, 4) is 0 Å². The number of rotatable bonds is 31. The zero-order valence-electron chi connectivity index (χ0n) is 31.2. The van der Waals surface area contributed by atoms with Crippen LogP contribution in [0.1, 0.15) is 187 Å². The first-order valence-electron chi connectivity index (χ1n) is 20.3. The average molecular weight is 700 g/mol. The zero-order chi connectivity index (χ0) is 33.3. The van der Waals surface area contributed by atoms with Crippen molar-refractivity contribution >= 4 is 22.8 Å². The van der Waals surface area contributed by atoms with Gasteiger partial charge in [0.1, 0.15) is 0 Å². The summed E-state index contributed by atoms with van der Waals surface area (Å²) >= 11 is 0. The predicted molar refractivity (Wildman–Crippen MR) is 212 cm³/mol. The number of aliphatic imine (C=N–C) groups is 2. The van der Waals surface area contributed by atoms with E-state index in [-0.39, 0.29) is 16.5 Å². The Morgan fingerprint density at radius 2 is 0.792 bits per heavy atom. The monoisotopic (exact) mass is 699 g/mol. The molecular weight excluding hydrogens is 627 g/mol. The van der Waals surface area contributed by atoms with Gasteiger partial charge in [-0.05, 0) is 56.0 Å². The van der Waals surface area contributed by atoms with Gasteiger partial charge in [-0.15, -0.1) is 0 Å². The first-order valence-corrected chi connectivity index (χ1v) is 20.3. The topological polar surface area (TPSA) is 24.7 Å². The Bertz CT molecular complexity index is 1040. The Morgan fingerprint density at radius 1 is 0.438 bits per heavy atom. The Kier molecular flexibility index (Phi) is 30.7. The van der Waals surface area contributed by atoms with Crippen molar-refractivity contribution in [3.05, 3.63) is 72.8 Å². The Labute approximate surface area is 308 Å². The number of nitrogens with zero attached hydrogens (tertiary/aromatic N) is 2. The fourth-order valence-electron chi connectivity index (χ4n) is 6.35. The van der Waals surface area contributed by atoms with Crippen molar-refractivity contribution in [2.45, 2.75) is 187 Å². The molecule has 0 aliphatic heterocycles. The maximum atomic E-state index is 5.07. The van der Waals surface area contributed by atoms with Crippen LogP contribution in [0.3, 0.4) is 0 Å². The number of para-hydroxylation sites is 2. The molecule has 0 saturated heterocycles. The molecule has 0 fully saturated rings. The molecule has 0 aromatic heterocycles. The maximum absolute atomic E-state index is 5.07. The summed E-state index contributed by atoms with van der Waals surface area (Å²) in [5.41, 5.74) is 4.11. The molecule has 0 saturated carbocycles. The number of benzene rings is 2. The van der Waals surface area contributed by atoms with Crippen LogP contribution >= 0.6 is 0 Å². The smallest absolute Gasteiger partial charge is 0.0848 e. The SMILES string of the molecule is CCCCCCCCCCCCCCCCCCCCCCCC/C=C/C(=Nc1ccccc1)C(CCCCC)=Nc1ccccc1.[Ni]. The van der Waals surface area contributed by atoms with Gasteiger partial charge in [0.2, 0.25) is 0 Å². The molecule has 2 rings (SSSR count). The zero-order valence-corrected chi connectivity index (χ0v) is 32.2. The van der Waals surface area contributed by atoms with Crippen LogP contribution in [-0.4, -0.2) is 11.4 Å². The minimum Gasteiger partial charge on any atom is -0.251 e. The van der Waals surface area contributed by atoms with Crippen LogP contribution in [0.5, 0.6) is 0 Å². The van der Waals surface area contributed by atoms with Crippen molar-refractivity contribution in [2.24, 2.45) is 9.98 Å². The molecule has 0 amide bonds. The molecule has 2 aromatic carbocycles. The fourth-order valence-corrected chi connectivity index (χ4v) is 6.35. The minimum absolute atomic E-state index is 0. The molecule has 48 heavy (non-hydrogen) atoms. The van der Waals surface area contributed by atoms with E-state index in [2.05, 4.69) is 86.7 Å². The van der Waals surface area contributed by atoms with Crippen LogP contribution in [0, 0.1) is 0 Å². The van der Waals surface area contributed by atoms with Crippen molar-refractivity contribution < 1.29 is 16.5 Å². The molecular formula is C45H72N2Ni. The van der Waals surface area contributed by atoms with Crippen molar-refractivity contribution in [2.75, 3.05) is 0 Å². The third kappa shape index (κ3) is 25.1. The van der Waals surface area contributed by atoms with E-state index in [1.807, 2.05) is 0 Å². The van der Waals surface area contributed by atoms with Gasteiger partial charge in [0.25, 0.3) is 0 Å². The Morgan fingerprint density at radius 3 is 1.21 bits per heavy atom. The molecule has 0 aliphatic carbocycles. The summed E-state index contributed by atoms with van der Waals surface area (Å²) in [7, 11) is 0. The van der Waals surface area contributed by atoms with Gasteiger partial charge in [-0.25, -0.2) is 4.99 Å². The summed E-state index contributed by atoms with van der Waals surface area (Å²) in [6.45, 7) is 4.56. The standard InChI is InChI=1S/C45H72N2.Ni/c1-3-5-7-8-9-10-11-12-13-14-15-16-17-18-19-20-21-22-23-24-25-26-27-35-41-45(47-43-38-33-29-34-39-43)44(40-30-6-4-2)46-42-36-31-28-32-37-42;/h28-29,31-39,41H,3-27,30,40H2,1-2H3;/b41-35+,46-44?,47-45?;. The van der Waals surface area contributed by atoms with Crippen LogP contribution in [-0.2, 0) is 16.5 Å². The van der Waals surface area contributed by atoms with Gasteiger partial charge in [-0.1, -0.05) is 204 Å². The molecule has 0 N–H and O–H groups in total. The quantitative estimate of drug-likeness (QED) is 0.0425. The second-order valence-electron chi connectivity index (χ2n) is 13.8. The van der Waals surface area contributed by atoms with Gasteiger partial charge in [0.15, 0.2) is 0 Å². The van der Waals surface area contributed by atoms with E-state index in [0.717, 1.165) is 42.1 Å². The van der Waals surface area contributed by atoms with E-state index in [1.54, 1.807) is 0 Å². The van der Waals surface area contributed by atoms with E-state index in [9.17, 15) is 0 Å². The Balaban J connectivity index is 0.0000115. The molecule has 3 heteroatoms. The van der Waals surface area contributed by atoms with Gasteiger partial charge in [-0.2, -0.15) is 0 Å². The van der Waals surface area contributed by atoms with E-state index in [1.165, 1.54) is 154 Å². The third-order valence-corrected chi connectivity index (χ3v) is 9.34. The predicted octanol–water partition coefficient (Wildman–Crippen LogP) is 15.7. The van der Waals surface area contributed by atoms with E-state index < -0.39 is 0 Å². The van der Waals surface area contributed by atoms with Crippen LogP contribution in [0.25, 0.3) is 0 Å². The van der Waals surface area contributed by atoms with Crippen molar-refractivity contribution in [3.63, 3.8) is 0 Å². The summed E-state index contributed by atoms with van der Waals surface area (Å²) in [4.78, 5) is 10.1. The fraction of sp³-hybridized carbons (Fsp3) is 0.644. The van der Waals surface area contributed by atoms with Gasteiger partial charge >= 0.3 is 0 Å². The van der Waals surface area contributed by atoms with E-state index in [4.69, 9.17) is 9.98 Å². The largest absolute Gasteiger partial charge is 0.251 e. The summed E-state index contributed by atoms with van der Waals surface area (Å²) in [5, 5.41) is 0. The van der Waals surface area contributed by atoms with Crippen molar-refractivity contribution in [1.82, 2.24) is 0 Å². The number of allylic oxidation sites excluding steroid dienone is 2. The molecule has 0 unspecified atom stereocenters. The summed E-state index contributed by atoms with van der Waals surface area (Å²) in [6, 6.07) is 20.7. The van der Waals surface area contributed by atoms with Crippen LogP contribution in [0.2, 0.25) is 0 Å². The second-order valence-corrected chi connectivity index (χ2v) is 13.8. The second kappa shape index (κ2) is 33.5. The molecule has 0 bridgehead atoms. The van der Waals surface area contributed by atoms with Crippen LogP contribution in [0.4, 0.5) is 11.4 Å². The molecule has 2 nitrogen and oxygen atoms in total. The molecule has 0 atom stereocenters. The van der Waals surface area contributed by atoms with E-state index in [0.29, 0.717) is 0 Å². The number of hydrogen-bond donors (Lipinski definition) is 0. The van der Waals surface area contributed by atoms with Crippen molar-refractivity contribution in [1.29, 1.82) is 0 Å². The van der Waals surface area contributed by atoms with Gasteiger partial charge < -0.3 is 0 Å². The Hall–Kier alpha value is -1.99. The molecule has 0 heterocycles. The van der Waals surface area contributed by atoms with Gasteiger partial charge in [-0.3, -0.25) is 4.99 Å². The molecule has 272 valence electrons. The summed E-state index contributed by atoms with van der Waals surface area (Å²) in [5.74, 6) is 0. The molecule has 0 radical (unpaired) electrons. The third-order valence-electron chi connectivity index (χ3n) is 9.34. The normalized spacial score (nSPS) is 12.1. The van der Waals surface area contributed by atoms with E-state index >= 15 is 0 Å². The summed E-state index contributed by atoms with van der Waals surface area (Å²) in [6.07, 6.45) is 41.7. The minimum atomic E-state index is 0. The van der Waals surface area contributed by atoms with Gasteiger partial charge in [0.05, 0.1) is 22.8 Å². The molecule has 2 aromatic rings. The molecule has 0 spiro atoms. The first-order chi connectivity index (χ1) is 23.3. The maximum Gasteiger partial charge on any atom is 0.0848 e.